The van der Waals surface area contributed by atoms with Gasteiger partial charge in [0.05, 0.1) is 16.5 Å². The molecule has 23 heavy (non-hydrogen) atoms. The van der Waals surface area contributed by atoms with Gasteiger partial charge in [-0.25, -0.2) is 0 Å². The number of anilines is 1. The molecule has 2 aromatic rings. The molecule has 0 saturated carbocycles. The van der Waals surface area contributed by atoms with Crippen molar-refractivity contribution in [1.29, 1.82) is 0 Å². The number of aliphatic hydroxyl groups is 1. The lowest BCUT2D eigenvalue weighted by Crippen LogP contribution is -2.37. The van der Waals surface area contributed by atoms with Gasteiger partial charge < -0.3 is 10.0 Å². The molecular formula is C17H21N3O3. The Balaban J connectivity index is 1.99. The number of rotatable bonds is 3. The van der Waals surface area contributed by atoms with Crippen molar-refractivity contribution in [3.05, 3.63) is 40.1 Å². The van der Waals surface area contributed by atoms with Crippen molar-refractivity contribution in [2.45, 2.75) is 32.8 Å². The van der Waals surface area contributed by atoms with Crippen LogP contribution in [0.1, 0.15) is 25.5 Å². The Hall–Kier alpha value is -2.21. The fourth-order valence-electron chi connectivity index (χ4n) is 3.32. The minimum atomic E-state index is -0.372. The molecule has 0 unspecified atom stereocenters. The molecule has 1 aromatic heterocycles. The Morgan fingerprint density at radius 3 is 2.65 bits per heavy atom. The number of non-ortho nitro benzene ring substituents is 1. The van der Waals surface area contributed by atoms with Gasteiger partial charge in [0.15, 0.2) is 0 Å². The number of benzene rings is 1. The van der Waals surface area contributed by atoms with E-state index in [1.54, 1.807) is 12.1 Å². The first-order chi connectivity index (χ1) is 11.0. The number of piperidine rings is 1. The van der Waals surface area contributed by atoms with Crippen LogP contribution in [0.15, 0.2) is 24.3 Å². The van der Waals surface area contributed by atoms with Gasteiger partial charge >= 0.3 is 0 Å². The molecule has 1 atom stereocenters. The van der Waals surface area contributed by atoms with E-state index in [0.29, 0.717) is 5.92 Å². The highest BCUT2D eigenvalue weighted by Crippen LogP contribution is 2.33. The first kappa shape index (κ1) is 15.7. The van der Waals surface area contributed by atoms with Crippen molar-refractivity contribution in [1.82, 2.24) is 4.98 Å². The molecule has 6 nitrogen and oxygen atoms in total. The summed E-state index contributed by atoms with van der Waals surface area (Å²) in [4.78, 5) is 17.4. The third-order valence-corrected chi connectivity index (χ3v) is 4.67. The third-order valence-electron chi connectivity index (χ3n) is 4.67. The largest absolute Gasteiger partial charge is 0.393 e. The first-order valence-electron chi connectivity index (χ1n) is 7.94. The molecule has 1 fully saturated rings. The van der Waals surface area contributed by atoms with Gasteiger partial charge in [-0.15, -0.1) is 0 Å². The highest BCUT2D eigenvalue weighted by Gasteiger charge is 2.24. The number of nitro benzene ring substituents is 1. The molecule has 6 heteroatoms. The Bertz CT molecular complexity index is 737. The van der Waals surface area contributed by atoms with Crippen molar-refractivity contribution < 1.29 is 10.0 Å². The maximum absolute atomic E-state index is 11.1. The predicted octanol–water partition coefficient (Wildman–Crippen LogP) is 3.05. The normalized spacial score (nSPS) is 17.4. The summed E-state index contributed by atoms with van der Waals surface area (Å²) in [6.07, 6.45) is 1.57. The summed E-state index contributed by atoms with van der Waals surface area (Å²) in [5.41, 5.74) is 2.77. The molecule has 0 spiro atoms. The quantitative estimate of drug-likeness (QED) is 0.695. The minimum Gasteiger partial charge on any atom is -0.393 e. The summed E-state index contributed by atoms with van der Waals surface area (Å²) in [5.74, 6) is 0.329. The second kappa shape index (κ2) is 6.12. The van der Waals surface area contributed by atoms with Crippen molar-refractivity contribution in [2.75, 3.05) is 18.0 Å². The zero-order chi connectivity index (χ0) is 16.6. The molecule has 0 radical (unpaired) electrons. The van der Waals surface area contributed by atoms with E-state index in [1.165, 1.54) is 6.07 Å². The van der Waals surface area contributed by atoms with Crippen LogP contribution in [-0.2, 0) is 0 Å². The Kier molecular flexibility index (Phi) is 4.17. The Morgan fingerprint density at radius 2 is 2.04 bits per heavy atom. The zero-order valence-corrected chi connectivity index (χ0v) is 13.4. The van der Waals surface area contributed by atoms with Crippen LogP contribution in [-0.4, -0.2) is 34.2 Å². The van der Waals surface area contributed by atoms with Gasteiger partial charge in [0.25, 0.3) is 5.69 Å². The maximum Gasteiger partial charge on any atom is 0.270 e. The average molecular weight is 315 g/mol. The monoisotopic (exact) mass is 315 g/mol. The molecule has 1 aliphatic rings. The topological polar surface area (TPSA) is 79.5 Å². The number of aromatic nitrogens is 1. The van der Waals surface area contributed by atoms with Crippen molar-refractivity contribution in [2.24, 2.45) is 5.92 Å². The van der Waals surface area contributed by atoms with Crippen LogP contribution in [0.2, 0.25) is 0 Å². The predicted molar refractivity (Wildman–Crippen MR) is 89.8 cm³/mol. The third kappa shape index (κ3) is 3.12. The fraction of sp³-hybridized carbons (Fsp3) is 0.471. The molecule has 1 aromatic carbocycles. The number of nitrogens with zero attached hydrogens (tertiary/aromatic N) is 3. The van der Waals surface area contributed by atoms with E-state index in [2.05, 4.69) is 9.88 Å². The van der Waals surface area contributed by atoms with Crippen LogP contribution in [0.3, 0.4) is 0 Å². The number of hydrogen-bond acceptors (Lipinski definition) is 5. The number of aliphatic hydroxyl groups excluding tert-OH is 1. The van der Waals surface area contributed by atoms with Crippen LogP contribution in [0.4, 0.5) is 11.4 Å². The summed E-state index contributed by atoms with van der Waals surface area (Å²) in [6.45, 7) is 5.47. The van der Waals surface area contributed by atoms with Gasteiger partial charge in [0.2, 0.25) is 0 Å². The highest BCUT2D eigenvalue weighted by atomic mass is 16.6. The van der Waals surface area contributed by atoms with Crippen molar-refractivity contribution in [3.63, 3.8) is 0 Å². The molecule has 1 saturated heterocycles. The second-order valence-corrected chi connectivity index (χ2v) is 6.31. The van der Waals surface area contributed by atoms with Gasteiger partial charge in [0.1, 0.15) is 0 Å². The lowest BCUT2D eigenvalue weighted by atomic mass is 9.91. The number of pyridine rings is 1. The van der Waals surface area contributed by atoms with Crippen LogP contribution in [0, 0.1) is 23.0 Å². The number of nitro groups is 1. The fourth-order valence-corrected chi connectivity index (χ4v) is 3.32. The highest BCUT2D eigenvalue weighted by molar-refractivity contribution is 5.93. The summed E-state index contributed by atoms with van der Waals surface area (Å²) in [5, 5.41) is 21.6. The molecule has 1 N–H and O–H groups in total. The molecule has 0 bridgehead atoms. The summed E-state index contributed by atoms with van der Waals surface area (Å²) < 4.78 is 0. The van der Waals surface area contributed by atoms with Gasteiger partial charge in [0, 0.05) is 42.0 Å². The first-order valence-corrected chi connectivity index (χ1v) is 7.94. The summed E-state index contributed by atoms with van der Waals surface area (Å²) in [6, 6.07) is 6.82. The molecule has 3 rings (SSSR count). The standard InChI is InChI=1S/C17H21N3O3/c1-11-9-17(19-7-5-13(6-8-19)12(2)21)15-10-14(20(22)23)3-4-16(15)18-11/h3-4,9-10,12-13,21H,5-8H2,1-2H3/t12-/m1/s1. The maximum atomic E-state index is 11.1. The van der Waals surface area contributed by atoms with E-state index in [-0.39, 0.29) is 16.7 Å². The molecular weight excluding hydrogens is 294 g/mol. The van der Waals surface area contributed by atoms with Gasteiger partial charge in [-0.2, -0.15) is 0 Å². The van der Waals surface area contributed by atoms with Crippen LogP contribution in [0.25, 0.3) is 10.9 Å². The van der Waals surface area contributed by atoms with E-state index in [9.17, 15) is 15.2 Å². The lowest BCUT2D eigenvalue weighted by molar-refractivity contribution is -0.384. The van der Waals surface area contributed by atoms with E-state index in [1.807, 2.05) is 19.9 Å². The van der Waals surface area contributed by atoms with Gasteiger partial charge in [-0.3, -0.25) is 15.1 Å². The molecule has 0 amide bonds. The van der Waals surface area contributed by atoms with E-state index in [0.717, 1.165) is 48.2 Å². The van der Waals surface area contributed by atoms with Crippen LogP contribution < -0.4 is 4.90 Å². The molecule has 1 aliphatic heterocycles. The smallest absolute Gasteiger partial charge is 0.270 e. The minimum absolute atomic E-state index is 0.0864. The summed E-state index contributed by atoms with van der Waals surface area (Å²) >= 11 is 0. The zero-order valence-electron chi connectivity index (χ0n) is 13.4. The molecule has 0 aliphatic carbocycles. The average Bonchev–Trinajstić information content (AvgIpc) is 2.53. The Morgan fingerprint density at radius 1 is 1.35 bits per heavy atom. The van der Waals surface area contributed by atoms with Crippen LogP contribution in [0.5, 0.6) is 0 Å². The number of hydrogen-bond donors (Lipinski definition) is 1. The van der Waals surface area contributed by atoms with Crippen molar-refractivity contribution in [3.8, 4) is 0 Å². The second-order valence-electron chi connectivity index (χ2n) is 6.31. The molecule has 2 heterocycles. The number of aryl methyl sites for hydroxylation is 1. The van der Waals surface area contributed by atoms with E-state index < -0.39 is 0 Å². The van der Waals surface area contributed by atoms with Crippen LogP contribution >= 0.6 is 0 Å². The van der Waals surface area contributed by atoms with Crippen molar-refractivity contribution >= 4 is 22.3 Å². The number of fused-ring (bicyclic) bond motifs is 1. The molecule has 122 valence electrons. The van der Waals surface area contributed by atoms with Gasteiger partial charge in [-0.1, -0.05) is 0 Å². The summed E-state index contributed by atoms with van der Waals surface area (Å²) in [7, 11) is 0. The SMILES string of the molecule is Cc1cc(N2CCC([C@@H](C)O)CC2)c2cc([N+](=O)[O-])ccc2n1. The lowest BCUT2D eigenvalue weighted by Gasteiger charge is -2.35. The van der Waals surface area contributed by atoms with Gasteiger partial charge in [-0.05, 0) is 44.7 Å². The Labute approximate surface area is 134 Å². The van der Waals surface area contributed by atoms with E-state index >= 15 is 0 Å². The van der Waals surface area contributed by atoms with E-state index in [4.69, 9.17) is 0 Å².